The number of amides is 2. The standard InChI is InChI=1S/C37H33N3O4S2/c38-22-31-28-19-18-25(23-10-3-1-4-11-23)20-32(28)46-36(31)40-35(42)33(24-12-5-2-6-13-24)45-27-15-9-14-26(21-27)39-34(41)29-16-7-8-17-30(29)37(43)44/h1-15,21,25,29-30,33H,16-20H2,(H,39,41)(H,40,42)(H,43,44). The molecule has 4 unspecified atom stereocenters. The van der Waals surface area contributed by atoms with Crippen LogP contribution in [0.3, 0.4) is 0 Å². The second kappa shape index (κ2) is 14.2. The third-order valence-corrected chi connectivity index (χ3v) is 11.1. The van der Waals surface area contributed by atoms with E-state index in [1.54, 1.807) is 24.3 Å². The summed E-state index contributed by atoms with van der Waals surface area (Å²) in [6.07, 6.45) is 6.95. The Bertz CT molecular complexity index is 1810. The lowest BCUT2D eigenvalue weighted by Gasteiger charge is -2.24. The number of allylic oxidation sites excluding steroid dienone is 2. The summed E-state index contributed by atoms with van der Waals surface area (Å²) in [6, 6.07) is 29.5. The van der Waals surface area contributed by atoms with Gasteiger partial charge in [-0.1, -0.05) is 78.9 Å². The van der Waals surface area contributed by atoms with Crippen molar-refractivity contribution >= 4 is 51.6 Å². The van der Waals surface area contributed by atoms with Gasteiger partial charge in [-0.25, -0.2) is 0 Å². The van der Waals surface area contributed by atoms with E-state index in [4.69, 9.17) is 0 Å². The zero-order valence-electron chi connectivity index (χ0n) is 25.0. The molecule has 3 N–H and O–H groups in total. The van der Waals surface area contributed by atoms with Crippen molar-refractivity contribution < 1.29 is 19.5 Å². The van der Waals surface area contributed by atoms with Crippen LogP contribution in [0.4, 0.5) is 10.7 Å². The largest absolute Gasteiger partial charge is 0.481 e. The third kappa shape index (κ3) is 6.94. The Morgan fingerprint density at radius 2 is 1.63 bits per heavy atom. The Hall–Kier alpha value is -4.65. The summed E-state index contributed by atoms with van der Waals surface area (Å²) in [4.78, 5) is 40.7. The van der Waals surface area contributed by atoms with Gasteiger partial charge in [-0.2, -0.15) is 5.26 Å². The van der Waals surface area contributed by atoms with E-state index in [2.05, 4.69) is 41.0 Å². The van der Waals surface area contributed by atoms with Crippen molar-refractivity contribution in [3.05, 3.63) is 124 Å². The summed E-state index contributed by atoms with van der Waals surface area (Å²) in [5.74, 6) is -2.59. The predicted molar refractivity (Wildman–Crippen MR) is 182 cm³/mol. The number of hydrogen-bond donors (Lipinski definition) is 3. The van der Waals surface area contributed by atoms with Crippen LogP contribution in [-0.4, -0.2) is 22.9 Å². The van der Waals surface area contributed by atoms with Crippen molar-refractivity contribution in [2.75, 3.05) is 10.6 Å². The molecule has 1 aromatic heterocycles. The highest BCUT2D eigenvalue weighted by molar-refractivity contribution is 8.00. The second-order valence-corrected chi connectivity index (χ2v) is 13.9. The molecule has 46 heavy (non-hydrogen) atoms. The highest BCUT2D eigenvalue weighted by atomic mass is 32.2. The molecule has 0 saturated carbocycles. The number of hydrogen-bond acceptors (Lipinski definition) is 6. The average molecular weight is 648 g/mol. The zero-order chi connectivity index (χ0) is 32.0. The minimum absolute atomic E-state index is 0.237. The maximum atomic E-state index is 14.0. The Morgan fingerprint density at radius 1 is 0.913 bits per heavy atom. The number of thiophene rings is 1. The normalized spacial score (nSPS) is 19.3. The number of thioether (sulfide) groups is 1. The predicted octanol–water partition coefficient (Wildman–Crippen LogP) is 7.97. The summed E-state index contributed by atoms with van der Waals surface area (Å²) in [5.41, 5.74) is 4.23. The van der Waals surface area contributed by atoms with Crippen molar-refractivity contribution in [1.82, 2.24) is 0 Å². The van der Waals surface area contributed by atoms with Crippen LogP contribution in [0.2, 0.25) is 0 Å². The van der Waals surface area contributed by atoms with Crippen LogP contribution >= 0.6 is 23.1 Å². The number of anilines is 2. The fraction of sp³-hybridized carbons (Fsp3) is 0.243. The van der Waals surface area contributed by atoms with Crippen LogP contribution in [0, 0.1) is 23.2 Å². The number of nitriles is 1. The molecule has 2 aliphatic rings. The molecule has 232 valence electrons. The quantitative estimate of drug-likeness (QED) is 0.125. The van der Waals surface area contributed by atoms with E-state index < -0.39 is 23.1 Å². The van der Waals surface area contributed by atoms with E-state index in [-0.39, 0.29) is 11.8 Å². The van der Waals surface area contributed by atoms with Crippen LogP contribution in [0.1, 0.15) is 57.6 Å². The number of carbonyl (C=O) groups is 3. The van der Waals surface area contributed by atoms with Gasteiger partial charge >= 0.3 is 5.97 Å². The molecule has 6 rings (SSSR count). The minimum atomic E-state index is -0.979. The van der Waals surface area contributed by atoms with E-state index in [1.165, 1.54) is 28.7 Å². The molecule has 9 heteroatoms. The van der Waals surface area contributed by atoms with Gasteiger partial charge in [0.25, 0.3) is 0 Å². The van der Waals surface area contributed by atoms with Crippen LogP contribution in [0.15, 0.2) is 102 Å². The van der Waals surface area contributed by atoms with Crippen LogP contribution < -0.4 is 10.6 Å². The van der Waals surface area contributed by atoms with Gasteiger partial charge in [0.05, 0.1) is 17.4 Å². The van der Waals surface area contributed by atoms with Gasteiger partial charge in [-0.3, -0.25) is 14.4 Å². The van der Waals surface area contributed by atoms with E-state index in [1.807, 2.05) is 48.5 Å². The molecule has 0 saturated heterocycles. The average Bonchev–Trinajstić information content (AvgIpc) is 3.44. The van der Waals surface area contributed by atoms with Crippen LogP contribution in [-0.2, 0) is 27.2 Å². The summed E-state index contributed by atoms with van der Waals surface area (Å²) in [5, 5.41) is 25.7. The Morgan fingerprint density at radius 3 is 2.35 bits per heavy atom. The molecule has 0 spiro atoms. The summed E-state index contributed by atoms with van der Waals surface area (Å²) < 4.78 is 0. The first kappa shape index (κ1) is 31.3. The van der Waals surface area contributed by atoms with Crippen molar-refractivity contribution in [3.8, 4) is 6.07 Å². The van der Waals surface area contributed by atoms with E-state index >= 15 is 0 Å². The first-order valence-electron chi connectivity index (χ1n) is 15.3. The molecule has 3 aromatic carbocycles. The van der Waals surface area contributed by atoms with Crippen LogP contribution in [0.25, 0.3) is 0 Å². The van der Waals surface area contributed by atoms with Gasteiger partial charge in [-0.05, 0) is 72.9 Å². The maximum absolute atomic E-state index is 14.0. The van der Waals surface area contributed by atoms with Crippen molar-refractivity contribution in [1.29, 1.82) is 5.26 Å². The lowest BCUT2D eigenvalue weighted by molar-refractivity contribution is -0.146. The monoisotopic (exact) mass is 647 g/mol. The Balaban J connectivity index is 1.21. The molecule has 0 radical (unpaired) electrons. The molecule has 0 fully saturated rings. The summed E-state index contributed by atoms with van der Waals surface area (Å²) >= 11 is 2.85. The first-order chi connectivity index (χ1) is 22.4. The first-order valence-corrected chi connectivity index (χ1v) is 17.0. The van der Waals surface area contributed by atoms with Gasteiger partial charge in [0.15, 0.2) is 0 Å². The highest BCUT2D eigenvalue weighted by Gasteiger charge is 2.34. The molecular formula is C37H33N3O4S2. The molecule has 0 aliphatic heterocycles. The summed E-state index contributed by atoms with van der Waals surface area (Å²) in [7, 11) is 0. The number of rotatable bonds is 9. The SMILES string of the molecule is N#Cc1c(NC(=O)C(Sc2cccc(NC(=O)C3CC=CCC3C(=O)O)c2)c2ccccc2)sc2c1CCC(c1ccccc1)C2. The zero-order valence-corrected chi connectivity index (χ0v) is 26.7. The number of nitrogens with one attached hydrogen (secondary N) is 2. The fourth-order valence-electron chi connectivity index (χ4n) is 6.28. The number of benzene rings is 3. The Kier molecular flexibility index (Phi) is 9.67. The van der Waals surface area contributed by atoms with Crippen molar-refractivity contribution in [3.63, 3.8) is 0 Å². The van der Waals surface area contributed by atoms with Crippen LogP contribution in [0.5, 0.6) is 0 Å². The van der Waals surface area contributed by atoms with Gasteiger partial charge in [0.1, 0.15) is 16.3 Å². The molecule has 0 bridgehead atoms. The molecular weight excluding hydrogens is 615 g/mol. The van der Waals surface area contributed by atoms with E-state index in [0.29, 0.717) is 35.0 Å². The van der Waals surface area contributed by atoms with Gasteiger partial charge in [0, 0.05) is 15.5 Å². The highest BCUT2D eigenvalue weighted by Crippen LogP contribution is 2.44. The number of carboxylic acid groups (broad SMARTS) is 1. The molecule has 4 atom stereocenters. The second-order valence-electron chi connectivity index (χ2n) is 11.6. The number of fused-ring (bicyclic) bond motifs is 1. The maximum Gasteiger partial charge on any atom is 0.307 e. The number of carboxylic acids is 1. The van der Waals surface area contributed by atoms with E-state index in [0.717, 1.165) is 40.2 Å². The molecule has 2 aliphatic carbocycles. The van der Waals surface area contributed by atoms with Gasteiger partial charge in [0.2, 0.25) is 11.8 Å². The lowest BCUT2D eigenvalue weighted by atomic mass is 9.82. The van der Waals surface area contributed by atoms with E-state index in [9.17, 15) is 24.8 Å². The van der Waals surface area contributed by atoms with Crippen molar-refractivity contribution in [2.24, 2.45) is 11.8 Å². The smallest absolute Gasteiger partial charge is 0.307 e. The number of aliphatic carboxylic acids is 1. The Labute approximate surface area is 276 Å². The molecule has 4 aromatic rings. The summed E-state index contributed by atoms with van der Waals surface area (Å²) in [6.45, 7) is 0. The molecule has 7 nitrogen and oxygen atoms in total. The topological polar surface area (TPSA) is 119 Å². The lowest BCUT2D eigenvalue weighted by Crippen LogP contribution is -2.34. The van der Waals surface area contributed by atoms with Crippen molar-refractivity contribution in [2.45, 2.75) is 48.2 Å². The minimum Gasteiger partial charge on any atom is -0.481 e. The number of nitrogens with zero attached hydrogens (tertiary/aromatic N) is 1. The fourth-order valence-corrected chi connectivity index (χ4v) is 8.64. The molecule has 1 heterocycles. The van der Waals surface area contributed by atoms with Gasteiger partial charge in [-0.15, -0.1) is 23.1 Å². The molecule has 2 amide bonds. The van der Waals surface area contributed by atoms with Gasteiger partial charge < -0.3 is 15.7 Å². The number of carbonyl (C=O) groups excluding carboxylic acids is 2. The third-order valence-electron chi connectivity index (χ3n) is 8.67.